The van der Waals surface area contributed by atoms with Gasteiger partial charge < -0.3 is 4.79 Å². The molecular weight excluding hydrogens is 110 g/mol. The quantitative estimate of drug-likeness (QED) is 0.518. The zero-order chi connectivity index (χ0) is 5.82. The van der Waals surface area contributed by atoms with Crippen molar-refractivity contribution in [1.82, 2.24) is 5.64 Å². The van der Waals surface area contributed by atoms with Gasteiger partial charge in [-0.05, 0) is 0 Å². The van der Waals surface area contributed by atoms with Gasteiger partial charge in [0.25, 0.3) is 0 Å². The number of nitrogens with one attached hydrogen (secondary N) is 1. The molecule has 1 saturated heterocycles. The van der Waals surface area contributed by atoms with Crippen LogP contribution in [0, 0.1) is 0 Å². The number of hydrogen-bond acceptors (Lipinski definition) is 4. The number of aldehydes is 1. The summed E-state index contributed by atoms with van der Waals surface area (Å²) in [5.74, 6) is 0. The molecule has 0 aromatic rings. The average Bonchev–Trinajstić information content (AvgIpc) is 1.63. The van der Waals surface area contributed by atoms with Gasteiger partial charge >= 0.3 is 0 Å². The Hall–Kier alpha value is -0.450. The number of hydrogen-bond donors (Lipinski definition) is 1. The van der Waals surface area contributed by atoms with E-state index in [1.807, 2.05) is 0 Å². The minimum atomic E-state index is -0.208. The first-order valence-electron chi connectivity index (χ1n) is 2.43. The van der Waals surface area contributed by atoms with Crippen LogP contribution in [0.1, 0.15) is 12.8 Å². The molecule has 0 atom stereocenters. The van der Waals surface area contributed by atoms with Crippen LogP contribution in [0.5, 0.6) is 0 Å². The third-order valence-electron chi connectivity index (χ3n) is 0.879. The highest BCUT2D eigenvalue weighted by atomic mass is 17.1. The highest BCUT2D eigenvalue weighted by Crippen LogP contribution is 2.06. The van der Waals surface area contributed by atoms with Crippen molar-refractivity contribution in [3.05, 3.63) is 0 Å². The van der Waals surface area contributed by atoms with Crippen molar-refractivity contribution < 1.29 is 14.5 Å². The van der Waals surface area contributed by atoms with E-state index in [1.54, 1.807) is 0 Å². The first-order valence-corrected chi connectivity index (χ1v) is 2.43. The van der Waals surface area contributed by atoms with Gasteiger partial charge in [-0.2, -0.15) is 0 Å². The van der Waals surface area contributed by atoms with Crippen molar-refractivity contribution in [3.8, 4) is 0 Å². The second kappa shape index (κ2) is 2.76. The maximum Gasteiger partial charge on any atom is 0.202 e. The molecule has 4 nitrogen and oxygen atoms in total. The highest BCUT2D eigenvalue weighted by Gasteiger charge is 2.17. The molecule has 1 aliphatic rings. The average molecular weight is 117 g/mol. The highest BCUT2D eigenvalue weighted by molar-refractivity contribution is 5.49. The fraction of sp³-hybridized carbons (Fsp3) is 0.750. The van der Waals surface area contributed by atoms with E-state index in [-0.39, 0.29) is 6.29 Å². The van der Waals surface area contributed by atoms with E-state index in [0.717, 1.165) is 6.29 Å². The van der Waals surface area contributed by atoms with Crippen LogP contribution in [-0.4, -0.2) is 12.6 Å². The molecule has 0 spiro atoms. The van der Waals surface area contributed by atoms with E-state index in [1.165, 1.54) is 0 Å². The molecule has 0 aromatic heterocycles. The van der Waals surface area contributed by atoms with E-state index in [2.05, 4.69) is 15.3 Å². The number of carbonyl (C=O) groups excluding carboxylic acids is 1. The molecule has 1 rings (SSSR count). The molecule has 8 heavy (non-hydrogen) atoms. The Bertz CT molecular complexity index is 81.4. The van der Waals surface area contributed by atoms with Gasteiger partial charge in [0.05, 0.1) is 0 Å². The molecule has 1 fully saturated rings. The summed E-state index contributed by atoms with van der Waals surface area (Å²) < 4.78 is 0. The van der Waals surface area contributed by atoms with Gasteiger partial charge in [-0.1, -0.05) is 5.64 Å². The van der Waals surface area contributed by atoms with Crippen LogP contribution >= 0.6 is 0 Å². The lowest BCUT2D eigenvalue weighted by Gasteiger charge is -2.24. The molecule has 0 unspecified atom stereocenters. The summed E-state index contributed by atoms with van der Waals surface area (Å²) in [7, 11) is 0. The van der Waals surface area contributed by atoms with Crippen molar-refractivity contribution in [2.24, 2.45) is 0 Å². The monoisotopic (exact) mass is 117 g/mol. The van der Waals surface area contributed by atoms with Crippen molar-refractivity contribution >= 4 is 6.29 Å². The largest absolute Gasteiger partial charge is 0.303 e. The smallest absolute Gasteiger partial charge is 0.202 e. The lowest BCUT2D eigenvalue weighted by molar-refractivity contribution is -0.413. The molecule has 0 saturated carbocycles. The Morgan fingerprint density at radius 2 is 2.38 bits per heavy atom. The molecule has 0 amide bonds. The van der Waals surface area contributed by atoms with Crippen LogP contribution in [0.4, 0.5) is 0 Å². The van der Waals surface area contributed by atoms with Crippen molar-refractivity contribution in [1.29, 1.82) is 0 Å². The third kappa shape index (κ3) is 1.26. The molecule has 0 aliphatic carbocycles. The van der Waals surface area contributed by atoms with Crippen molar-refractivity contribution in [2.45, 2.75) is 19.1 Å². The SMILES string of the molecule is O=CCCC1ONO1. The summed E-state index contributed by atoms with van der Waals surface area (Å²) in [4.78, 5) is 18.9. The van der Waals surface area contributed by atoms with Gasteiger partial charge in [-0.3, -0.25) is 0 Å². The zero-order valence-corrected chi connectivity index (χ0v) is 4.29. The first-order chi connectivity index (χ1) is 3.93. The predicted molar refractivity (Wildman–Crippen MR) is 24.4 cm³/mol. The summed E-state index contributed by atoms with van der Waals surface area (Å²) in [6.07, 6.45) is 1.76. The van der Waals surface area contributed by atoms with E-state index >= 15 is 0 Å². The van der Waals surface area contributed by atoms with Gasteiger partial charge in [-0.25, -0.2) is 9.68 Å². The fourth-order valence-electron chi connectivity index (χ4n) is 0.438. The van der Waals surface area contributed by atoms with Gasteiger partial charge in [-0.15, -0.1) is 0 Å². The molecule has 0 radical (unpaired) electrons. The molecule has 0 aromatic carbocycles. The first kappa shape index (κ1) is 5.68. The van der Waals surface area contributed by atoms with Crippen molar-refractivity contribution in [3.63, 3.8) is 0 Å². The second-order valence-corrected chi connectivity index (χ2v) is 1.49. The lowest BCUT2D eigenvalue weighted by Crippen LogP contribution is -2.41. The topological polar surface area (TPSA) is 47.6 Å². The van der Waals surface area contributed by atoms with Crippen LogP contribution in [-0.2, 0) is 14.5 Å². The van der Waals surface area contributed by atoms with Crippen LogP contribution < -0.4 is 5.64 Å². The van der Waals surface area contributed by atoms with Crippen LogP contribution in [0.15, 0.2) is 0 Å². The number of carbonyl (C=O) groups is 1. The Kier molecular flexibility index (Phi) is 1.96. The summed E-state index contributed by atoms with van der Waals surface area (Å²) in [6.45, 7) is 0. The molecule has 1 aliphatic heterocycles. The summed E-state index contributed by atoms with van der Waals surface area (Å²) in [6, 6.07) is 0. The van der Waals surface area contributed by atoms with Gasteiger partial charge in [0, 0.05) is 12.8 Å². The Morgan fingerprint density at radius 1 is 1.62 bits per heavy atom. The third-order valence-corrected chi connectivity index (χ3v) is 0.879. The fourth-order valence-corrected chi connectivity index (χ4v) is 0.438. The Morgan fingerprint density at radius 3 is 2.75 bits per heavy atom. The van der Waals surface area contributed by atoms with E-state index in [0.29, 0.717) is 12.8 Å². The number of rotatable bonds is 3. The normalized spacial score (nSPS) is 20.0. The molecule has 4 heteroatoms. The van der Waals surface area contributed by atoms with E-state index in [4.69, 9.17) is 0 Å². The standard InChI is InChI=1S/C4H7NO3/c6-3-1-2-4-7-5-8-4/h3-5H,1-2H2. The van der Waals surface area contributed by atoms with E-state index in [9.17, 15) is 4.79 Å². The minimum absolute atomic E-state index is 0.208. The molecule has 0 bridgehead atoms. The predicted octanol–water partition coefficient (Wildman–Crippen LogP) is -0.242. The van der Waals surface area contributed by atoms with Gasteiger partial charge in [0.15, 0.2) is 0 Å². The summed E-state index contributed by atoms with van der Waals surface area (Å²) in [5, 5.41) is 0. The zero-order valence-electron chi connectivity index (χ0n) is 4.29. The maximum absolute atomic E-state index is 9.72. The molecule has 46 valence electrons. The van der Waals surface area contributed by atoms with Gasteiger partial charge in [0.1, 0.15) is 6.29 Å². The molecule has 1 N–H and O–H groups in total. The van der Waals surface area contributed by atoms with Crippen LogP contribution in [0.3, 0.4) is 0 Å². The van der Waals surface area contributed by atoms with Gasteiger partial charge in [0.2, 0.25) is 6.29 Å². The van der Waals surface area contributed by atoms with Crippen LogP contribution in [0.2, 0.25) is 0 Å². The summed E-state index contributed by atoms with van der Waals surface area (Å²) in [5.41, 5.74) is 2.15. The van der Waals surface area contributed by atoms with Crippen LogP contribution in [0.25, 0.3) is 0 Å². The minimum Gasteiger partial charge on any atom is -0.303 e. The van der Waals surface area contributed by atoms with Crippen molar-refractivity contribution in [2.75, 3.05) is 0 Å². The Labute approximate surface area is 46.7 Å². The Balaban J connectivity index is 1.93. The second-order valence-electron chi connectivity index (χ2n) is 1.49. The molecule has 1 heterocycles. The maximum atomic E-state index is 9.72. The summed E-state index contributed by atoms with van der Waals surface area (Å²) >= 11 is 0. The molecular formula is C4H7NO3. The van der Waals surface area contributed by atoms with E-state index < -0.39 is 0 Å². The lowest BCUT2D eigenvalue weighted by atomic mass is 10.3.